The number of carbonyl (C=O) groups excluding carboxylic acids is 1. The molecule has 1 aromatic heterocycles. The summed E-state index contributed by atoms with van der Waals surface area (Å²) in [5, 5.41) is 0.297. The van der Waals surface area contributed by atoms with E-state index in [2.05, 4.69) is 4.98 Å². The molecule has 23 heavy (non-hydrogen) atoms. The van der Waals surface area contributed by atoms with E-state index in [1.54, 1.807) is 4.90 Å². The van der Waals surface area contributed by atoms with Crippen LogP contribution in [-0.2, 0) is 16.1 Å². The van der Waals surface area contributed by atoms with Crippen molar-refractivity contribution in [2.75, 3.05) is 13.1 Å². The molecule has 0 saturated carbocycles. The number of rotatable bonds is 2. The molecule has 1 aliphatic heterocycles. The third-order valence-corrected chi connectivity index (χ3v) is 3.87. The Balaban J connectivity index is 1.84. The summed E-state index contributed by atoms with van der Waals surface area (Å²) in [6.45, 7) is 4.75. The van der Waals surface area contributed by atoms with Gasteiger partial charge in [-0.2, -0.15) is 0 Å². The molecule has 2 atom stereocenters. The number of morpholine rings is 1. The van der Waals surface area contributed by atoms with E-state index in [1.807, 2.05) is 13.8 Å². The molecule has 6 nitrogen and oxygen atoms in total. The first-order valence-corrected chi connectivity index (χ1v) is 7.52. The standard InChI is InChI=1S/C16H18FN3O3/c1-10-6-19(7-11(2)23-10)15(21)8-20-9-18-14-5-12(17)3-4-13(14)16(20)22/h3-5,9-11H,6-8H2,1-2H3. The van der Waals surface area contributed by atoms with Crippen LogP contribution in [0.3, 0.4) is 0 Å². The van der Waals surface area contributed by atoms with Gasteiger partial charge in [-0.25, -0.2) is 9.37 Å². The number of hydrogen-bond donors (Lipinski definition) is 0. The van der Waals surface area contributed by atoms with E-state index in [4.69, 9.17) is 4.74 Å². The third-order valence-electron chi connectivity index (χ3n) is 3.87. The first kappa shape index (κ1) is 15.6. The molecule has 0 N–H and O–H groups in total. The fourth-order valence-corrected chi connectivity index (χ4v) is 2.87. The summed E-state index contributed by atoms with van der Waals surface area (Å²) >= 11 is 0. The van der Waals surface area contributed by atoms with Crippen LogP contribution in [0.5, 0.6) is 0 Å². The van der Waals surface area contributed by atoms with Gasteiger partial charge < -0.3 is 9.64 Å². The molecule has 122 valence electrons. The van der Waals surface area contributed by atoms with E-state index in [9.17, 15) is 14.0 Å². The van der Waals surface area contributed by atoms with Crippen molar-refractivity contribution in [3.63, 3.8) is 0 Å². The van der Waals surface area contributed by atoms with Crippen LogP contribution in [0.2, 0.25) is 0 Å². The van der Waals surface area contributed by atoms with Gasteiger partial charge in [0.2, 0.25) is 5.91 Å². The average molecular weight is 319 g/mol. The normalized spacial score (nSPS) is 21.6. The number of fused-ring (bicyclic) bond motifs is 1. The van der Waals surface area contributed by atoms with Crippen LogP contribution in [0.4, 0.5) is 4.39 Å². The Hall–Kier alpha value is -2.28. The lowest BCUT2D eigenvalue weighted by Gasteiger charge is -2.35. The number of benzene rings is 1. The lowest BCUT2D eigenvalue weighted by molar-refractivity contribution is -0.143. The molecule has 1 fully saturated rings. The van der Waals surface area contributed by atoms with Gasteiger partial charge in [0.15, 0.2) is 0 Å². The molecule has 0 radical (unpaired) electrons. The van der Waals surface area contributed by atoms with E-state index in [0.29, 0.717) is 18.5 Å². The molecule has 1 amide bonds. The van der Waals surface area contributed by atoms with Crippen molar-refractivity contribution in [1.82, 2.24) is 14.5 Å². The smallest absolute Gasteiger partial charge is 0.261 e. The summed E-state index contributed by atoms with van der Waals surface area (Å²) in [4.78, 5) is 30.6. The maximum absolute atomic E-state index is 13.2. The second-order valence-electron chi connectivity index (χ2n) is 5.90. The van der Waals surface area contributed by atoms with Crippen molar-refractivity contribution in [1.29, 1.82) is 0 Å². The van der Waals surface area contributed by atoms with E-state index in [0.717, 1.165) is 0 Å². The summed E-state index contributed by atoms with van der Waals surface area (Å²) in [5.41, 5.74) is -0.0648. The van der Waals surface area contributed by atoms with Gasteiger partial charge in [-0.1, -0.05) is 0 Å². The Morgan fingerprint density at radius 1 is 1.35 bits per heavy atom. The van der Waals surface area contributed by atoms with Gasteiger partial charge in [0, 0.05) is 19.2 Å². The van der Waals surface area contributed by atoms with Crippen LogP contribution >= 0.6 is 0 Å². The van der Waals surface area contributed by atoms with Crippen molar-refractivity contribution >= 4 is 16.8 Å². The minimum atomic E-state index is -0.450. The van der Waals surface area contributed by atoms with Gasteiger partial charge >= 0.3 is 0 Å². The van der Waals surface area contributed by atoms with Gasteiger partial charge in [0.05, 0.1) is 29.4 Å². The van der Waals surface area contributed by atoms with Crippen molar-refractivity contribution in [3.8, 4) is 0 Å². The number of halogens is 1. The summed E-state index contributed by atoms with van der Waals surface area (Å²) in [5.74, 6) is -0.605. The fourth-order valence-electron chi connectivity index (χ4n) is 2.87. The molecule has 2 heterocycles. The van der Waals surface area contributed by atoms with Crippen LogP contribution in [0.15, 0.2) is 29.3 Å². The number of aromatic nitrogens is 2. The monoisotopic (exact) mass is 319 g/mol. The third kappa shape index (κ3) is 3.24. The lowest BCUT2D eigenvalue weighted by atomic mass is 10.2. The van der Waals surface area contributed by atoms with Crippen LogP contribution in [0, 0.1) is 5.82 Å². The number of ether oxygens (including phenoxy) is 1. The predicted molar refractivity (Wildman–Crippen MR) is 82.6 cm³/mol. The molecule has 0 spiro atoms. The molecular formula is C16H18FN3O3. The molecule has 3 rings (SSSR count). The first-order valence-electron chi connectivity index (χ1n) is 7.52. The zero-order valence-electron chi connectivity index (χ0n) is 13.0. The van der Waals surface area contributed by atoms with Crippen molar-refractivity contribution in [2.24, 2.45) is 0 Å². The van der Waals surface area contributed by atoms with Gasteiger partial charge in [0.25, 0.3) is 5.56 Å². The molecule has 7 heteroatoms. The summed E-state index contributed by atoms with van der Waals surface area (Å²) < 4.78 is 20.0. The Morgan fingerprint density at radius 2 is 2.04 bits per heavy atom. The number of nitrogens with zero attached hydrogens (tertiary/aromatic N) is 3. The second kappa shape index (κ2) is 6.08. The topological polar surface area (TPSA) is 64.4 Å². The Kier molecular flexibility index (Phi) is 4.12. The molecule has 1 aliphatic rings. The van der Waals surface area contributed by atoms with Gasteiger partial charge in [0.1, 0.15) is 12.4 Å². The van der Waals surface area contributed by atoms with Gasteiger partial charge in [-0.05, 0) is 26.0 Å². The highest BCUT2D eigenvalue weighted by Crippen LogP contribution is 2.12. The van der Waals surface area contributed by atoms with Crippen LogP contribution in [0.25, 0.3) is 10.9 Å². The second-order valence-corrected chi connectivity index (χ2v) is 5.90. The largest absolute Gasteiger partial charge is 0.372 e. The highest BCUT2D eigenvalue weighted by atomic mass is 19.1. The molecule has 1 aromatic carbocycles. The highest BCUT2D eigenvalue weighted by Gasteiger charge is 2.26. The Bertz CT molecular complexity index is 795. The Labute approximate surface area is 132 Å². The molecule has 2 unspecified atom stereocenters. The maximum Gasteiger partial charge on any atom is 0.261 e. The lowest BCUT2D eigenvalue weighted by Crippen LogP contribution is -2.49. The van der Waals surface area contributed by atoms with Crippen molar-refractivity contribution < 1.29 is 13.9 Å². The molecular weight excluding hydrogens is 301 g/mol. The Morgan fingerprint density at radius 3 is 2.74 bits per heavy atom. The number of hydrogen-bond acceptors (Lipinski definition) is 4. The van der Waals surface area contributed by atoms with Crippen LogP contribution in [0.1, 0.15) is 13.8 Å². The van der Waals surface area contributed by atoms with Gasteiger partial charge in [-0.15, -0.1) is 0 Å². The summed E-state index contributed by atoms with van der Waals surface area (Å²) in [6, 6.07) is 3.80. The van der Waals surface area contributed by atoms with E-state index in [1.165, 1.54) is 29.1 Å². The van der Waals surface area contributed by atoms with Crippen LogP contribution < -0.4 is 5.56 Å². The van der Waals surface area contributed by atoms with E-state index < -0.39 is 5.82 Å². The fraction of sp³-hybridized carbons (Fsp3) is 0.438. The quantitative estimate of drug-likeness (QED) is 0.833. The molecule has 0 bridgehead atoms. The predicted octanol–water partition coefficient (Wildman–Crippen LogP) is 1.17. The number of amides is 1. The molecule has 1 saturated heterocycles. The van der Waals surface area contributed by atoms with E-state index in [-0.39, 0.29) is 35.7 Å². The highest BCUT2D eigenvalue weighted by molar-refractivity contribution is 5.79. The first-order chi connectivity index (χ1) is 10.9. The minimum Gasteiger partial charge on any atom is -0.372 e. The SMILES string of the molecule is CC1CN(C(=O)Cn2cnc3cc(F)ccc3c2=O)CC(C)O1. The zero-order chi connectivity index (χ0) is 16.6. The average Bonchev–Trinajstić information content (AvgIpc) is 2.49. The summed E-state index contributed by atoms with van der Waals surface area (Å²) in [7, 11) is 0. The molecule has 0 aliphatic carbocycles. The zero-order valence-corrected chi connectivity index (χ0v) is 13.0. The van der Waals surface area contributed by atoms with Crippen molar-refractivity contribution in [2.45, 2.75) is 32.6 Å². The maximum atomic E-state index is 13.2. The van der Waals surface area contributed by atoms with E-state index >= 15 is 0 Å². The van der Waals surface area contributed by atoms with Crippen molar-refractivity contribution in [3.05, 3.63) is 40.7 Å². The van der Waals surface area contributed by atoms with Crippen LogP contribution in [-0.4, -0.2) is 45.7 Å². The van der Waals surface area contributed by atoms with Gasteiger partial charge in [-0.3, -0.25) is 14.2 Å². The summed E-state index contributed by atoms with van der Waals surface area (Å²) in [6.07, 6.45) is 1.23. The number of carbonyl (C=O) groups is 1. The molecule has 2 aromatic rings. The minimum absolute atomic E-state index is 0.0304.